The van der Waals surface area contributed by atoms with E-state index in [1.54, 1.807) is 0 Å². The lowest BCUT2D eigenvalue weighted by molar-refractivity contribution is -0.138. The standard InChI is InChI=1S/C32H42N4O4/c1-31(2,34-20-24(38)21-37)18-29(39)35-28(17-23-19-33-27-10-6-4-8-25(23)27)30(40)36-15-13-32(14-16-36)12-11-22-7-3-5-9-26(22)32/h3-10,19,24,28,33-34,37-38H,11-18,20-21H2,1-2H3,(H,35,39)/t24-,28+/m0/s1. The molecule has 1 fully saturated rings. The summed E-state index contributed by atoms with van der Waals surface area (Å²) < 4.78 is 0. The van der Waals surface area contributed by atoms with Gasteiger partial charge < -0.3 is 30.7 Å². The summed E-state index contributed by atoms with van der Waals surface area (Å²) in [7, 11) is 0. The van der Waals surface area contributed by atoms with Crippen molar-refractivity contribution in [3.05, 3.63) is 71.4 Å². The van der Waals surface area contributed by atoms with Crippen LogP contribution in [0.4, 0.5) is 0 Å². The second-order valence-corrected chi connectivity index (χ2v) is 12.2. The van der Waals surface area contributed by atoms with Gasteiger partial charge in [0.1, 0.15) is 6.04 Å². The van der Waals surface area contributed by atoms with Gasteiger partial charge in [-0.05, 0) is 67.7 Å². The number of aliphatic hydroxyl groups is 2. The van der Waals surface area contributed by atoms with E-state index in [0.29, 0.717) is 19.5 Å². The van der Waals surface area contributed by atoms with Crippen LogP contribution in [0.25, 0.3) is 10.9 Å². The maximum Gasteiger partial charge on any atom is 0.245 e. The van der Waals surface area contributed by atoms with Gasteiger partial charge in [0.2, 0.25) is 11.8 Å². The van der Waals surface area contributed by atoms with Crippen LogP contribution in [0.15, 0.2) is 54.7 Å². The highest BCUT2D eigenvalue weighted by Crippen LogP contribution is 2.46. The Balaban J connectivity index is 1.30. The number of aryl methyl sites for hydroxylation is 1. The first-order valence-corrected chi connectivity index (χ1v) is 14.5. The van der Waals surface area contributed by atoms with E-state index in [9.17, 15) is 14.7 Å². The Morgan fingerprint density at radius 1 is 1.07 bits per heavy atom. The van der Waals surface area contributed by atoms with Crippen LogP contribution in [0.1, 0.15) is 56.2 Å². The molecule has 8 heteroatoms. The number of β-amino-alcohol motifs (C(OH)–C–C–N with tert-alkyl or cyclic N) is 1. The molecule has 2 heterocycles. The van der Waals surface area contributed by atoms with Gasteiger partial charge in [-0.3, -0.25) is 9.59 Å². The van der Waals surface area contributed by atoms with Crippen molar-refractivity contribution in [2.24, 2.45) is 0 Å². The third-order valence-corrected chi connectivity index (χ3v) is 8.86. The summed E-state index contributed by atoms with van der Waals surface area (Å²) in [6, 6.07) is 16.0. The van der Waals surface area contributed by atoms with Crippen LogP contribution < -0.4 is 10.6 Å². The first kappa shape index (κ1) is 28.3. The molecule has 2 aliphatic rings. The zero-order valence-electron chi connectivity index (χ0n) is 23.6. The number of nitrogens with one attached hydrogen (secondary N) is 3. The van der Waals surface area contributed by atoms with Gasteiger partial charge in [-0.25, -0.2) is 0 Å². The maximum absolute atomic E-state index is 14.0. The summed E-state index contributed by atoms with van der Waals surface area (Å²) in [5.41, 5.74) is 4.42. The van der Waals surface area contributed by atoms with E-state index in [-0.39, 0.29) is 36.8 Å². The molecule has 8 nitrogen and oxygen atoms in total. The molecule has 1 saturated heterocycles. The number of hydrogen-bond acceptors (Lipinski definition) is 5. The Hall–Kier alpha value is -3.20. The minimum Gasteiger partial charge on any atom is -0.394 e. The van der Waals surface area contributed by atoms with Crippen molar-refractivity contribution in [3.63, 3.8) is 0 Å². The third kappa shape index (κ3) is 6.09. The van der Waals surface area contributed by atoms with Gasteiger partial charge in [0.15, 0.2) is 0 Å². The van der Waals surface area contributed by atoms with Gasteiger partial charge in [0, 0.05) is 55.1 Å². The van der Waals surface area contributed by atoms with E-state index in [0.717, 1.165) is 42.1 Å². The van der Waals surface area contributed by atoms with Crippen molar-refractivity contribution < 1.29 is 19.8 Å². The number of hydrogen-bond donors (Lipinski definition) is 5. The van der Waals surface area contributed by atoms with E-state index in [1.807, 2.05) is 49.2 Å². The lowest BCUT2D eigenvalue weighted by Crippen LogP contribution is -2.55. The van der Waals surface area contributed by atoms with Crippen molar-refractivity contribution in [3.8, 4) is 0 Å². The first-order chi connectivity index (χ1) is 19.2. The Bertz CT molecular complexity index is 1340. The number of H-pyrrole nitrogens is 1. The summed E-state index contributed by atoms with van der Waals surface area (Å²) >= 11 is 0. The van der Waals surface area contributed by atoms with Crippen LogP contribution >= 0.6 is 0 Å². The van der Waals surface area contributed by atoms with Gasteiger partial charge in [0.25, 0.3) is 0 Å². The molecule has 0 radical (unpaired) electrons. The van der Waals surface area contributed by atoms with Crippen molar-refractivity contribution in [2.75, 3.05) is 26.2 Å². The number of carbonyl (C=O) groups is 2. The second-order valence-electron chi connectivity index (χ2n) is 12.2. The fourth-order valence-corrected chi connectivity index (χ4v) is 6.55. The molecule has 1 aromatic heterocycles. The van der Waals surface area contributed by atoms with E-state index in [4.69, 9.17) is 5.11 Å². The molecule has 1 aliphatic heterocycles. The van der Waals surface area contributed by atoms with Crippen LogP contribution in [0.2, 0.25) is 0 Å². The predicted molar refractivity (Wildman–Crippen MR) is 156 cm³/mol. The summed E-state index contributed by atoms with van der Waals surface area (Å²) in [5.74, 6) is -0.270. The van der Waals surface area contributed by atoms with Crippen molar-refractivity contribution in [1.82, 2.24) is 20.5 Å². The number of amides is 2. The first-order valence-electron chi connectivity index (χ1n) is 14.5. The van der Waals surface area contributed by atoms with Crippen LogP contribution in [0.3, 0.4) is 0 Å². The number of likely N-dealkylation sites (tertiary alicyclic amines) is 1. The molecule has 3 aromatic rings. The van der Waals surface area contributed by atoms with Crippen LogP contribution in [0, 0.1) is 0 Å². The number of nitrogens with zero attached hydrogens (tertiary/aromatic N) is 1. The summed E-state index contributed by atoms with van der Waals surface area (Å²) in [5, 5.41) is 26.1. The van der Waals surface area contributed by atoms with Crippen LogP contribution in [0.5, 0.6) is 0 Å². The fraction of sp³-hybridized carbons (Fsp3) is 0.500. The summed E-state index contributed by atoms with van der Waals surface area (Å²) in [6.45, 7) is 4.93. The minimum absolute atomic E-state index is 0.0405. The molecular formula is C32H42N4O4. The lowest BCUT2D eigenvalue weighted by Gasteiger charge is -2.41. The maximum atomic E-state index is 14.0. The summed E-state index contributed by atoms with van der Waals surface area (Å²) in [6.07, 6.45) is 5.67. The minimum atomic E-state index is -0.896. The fourth-order valence-electron chi connectivity index (χ4n) is 6.55. The topological polar surface area (TPSA) is 118 Å². The van der Waals surface area contributed by atoms with Gasteiger partial charge >= 0.3 is 0 Å². The highest BCUT2D eigenvalue weighted by molar-refractivity contribution is 5.90. The zero-order valence-corrected chi connectivity index (χ0v) is 23.6. The zero-order chi connectivity index (χ0) is 28.3. The van der Waals surface area contributed by atoms with Gasteiger partial charge in [0.05, 0.1) is 12.7 Å². The molecule has 2 amide bonds. The SMILES string of the molecule is CC(C)(CC(=O)N[C@H](Cc1c[nH]c2ccccc12)C(=O)N1CCC2(CCc3ccccc32)CC1)NC[C@H](O)CO. The number of piperidine rings is 1. The normalized spacial score (nSPS) is 18.1. The van der Waals surface area contributed by atoms with E-state index in [1.165, 1.54) is 11.1 Å². The molecule has 40 heavy (non-hydrogen) atoms. The Kier molecular flexibility index (Phi) is 8.31. The van der Waals surface area contributed by atoms with Gasteiger partial charge in [-0.2, -0.15) is 0 Å². The van der Waals surface area contributed by atoms with Crippen molar-refractivity contribution in [2.45, 2.75) is 75.5 Å². The average molecular weight is 547 g/mol. The molecule has 2 aromatic carbocycles. The largest absolute Gasteiger partial charge is 0.394 e. The van der Waals surface area contributed by atoms with Gasteiger partial charge in [-0.1, -0.05) is 42.5 Å². The highest BCUT2D eigenvalue weighted by atomic mass is 16.3. The molecule has 0 unspecified atom stereocenters. The quantitative estimate of drug-likeness (QED) is 0.268. The molecule has 214 valence electrons. The van der Waals surface area contributed by atoms with Crippen molar-refractivity contribution in [1.29, 1.82) is 0 Å². The molecular weight excluding hydrogens is 504 g/mol. The number of aromatic nitrogens is 1. The van der Waals surface area contributed by atoms with Crippen molar-refractivity contribution >= 4 is 22.7 Å². The number of aromatic amines is 1. The predicted octanol–water partition coefficient (Wildman–Crippen LogP) is 2.81. The Morgan fingerprint density at radius 3 is 2.58 bits per heavy atom. The molecule has 1 spiro atoms. The van der Waals surface area contributed by atoms with E-state index in [2.05, 4.69) is 39.9 Å². The molecule has 5 N–H and O–H groups in total. The number of rotatable bonds is 10. The molecule has 0 bridgehead atoms. The number of aliphatic hydroxyl groups excluding tert-OH is 2. The Morgan fingerprint density at radius 2 is 1.80 bits per heavy atom. The number of para-hydroxylation sites is 1. The van der Waals surface area contributed by atoms with E-state index < -0.39 is 17.7 Å². The molecule has 0 saturated carbocycles. The molecule has 5 rings (SSSR count). The van der Waals surface area contributed by atoms with Crippen LogP contribution in [-0.2, 0) is 27.8 Å². The lowest BCUT2D eigenvalue weighted by atomic mass is 9.74. The number of benzene rings is 2. The Labute approximate surface area is 236 Å². The van der Waals surface area contributed by atoms with E-state index >= 15 is 0 Å². The smallest absolute Gasteiger partial charge is 0.245 e. The molecule has 2 atom stereocenters. The molecule has 1 aliphatic carbocycles. The number of fused-ring (bicyclic) bond motifs is 3. The van der Waals surface area contributed by atoms with Crippen LogP contribution in [-0.4, -0.2) is 75.8 Å². The summed E-state index contributed by atoms with van der Waals surface area (Å²) in [4.78, 5) is 32.5. The monoisotopic (exact) mass is 546 g/mol. The average Bonchev–Trinajstić information content (AvgIpc) is 3.53. The second kappa shape index (κ2) is 11.7. The number of carbonyl (C=O) groups excluding carboxylic acids is 2. The highest BCUT2D eigenvalue weighted by Gasteiger charge is 2.42. The third-order valence-electron chi connectivity index (χ3n) is 8.86. The van der Waals surface area contributed by atoms with Gasteiger partial charge in [-0.15, -0.1) is 0 Å².